The highest BCUT2D eigenvalue weighted by Gasteiger charge is 2.23. The lowest BCUT2D eigenvalue weighted by Gasteiger charge is -2.06. The van der Waals surface area contributed by atoms with Gasteiger partial charge in [0.25, 0.3) is 5.91 Å². The number of nitrogens with one attached hydrogen (secondary N) is 2. The summed E-state index contributed by atoms with van der Waals surface area (Å²) in [6.07, 6.45) is 1.05. The van der Waals surface area contributed by atoms with E-state index in [0.717, 1.165) is 6.26 Å². The molecular formula is C18H14BrN3O4S. The van der Waals surface area contributed by atoms with E-state index in [-0.39, 0.29) is 5.91 Å². The predicted molar refractivity (Wildman–Crippen MR) is 106 cm³/mol. The number of benzene rings is 2. The molecule has 0 unspecified atom stereocenters. The standard InChI is InChI=1S/C18H14BrN3O4S/c1-21-18(23)16-12-7-13(19)14(22-27(2,24)25)8-15(12)26-17(16)11-5-3-10(9-20)4-6-11/h3-8,22H,1-2H3,(H,21,23). The van der Waals surface area contributed by atoms with Gasteiger partial charge >= 0.3 is 0 Å². The first-order chi connectivity index (χ1) is 12.7. The molecule has 0 bridgehead atoms. The number of nitriles is 1. The molecule has 2 aromatic carbocycles. The van der Waals surface area contributed by atoms with Crippen molar-refractivity contribution in [2.24, 2.45) is 0 Å². The number of hydrogen-bond acceptors (Lipinski definition) is 5. The highest BCUT2D eigenvalue weighted by Crippen LogP contribution is 2.38. The molecule has 27 heavy (non-hydrogen) atoms. The van der Waals surface area contributed by atoms with E-state index < -0.39 is 10.0 Å². The van der Waals surface area contributed by atoms with Gasteiger partial charge in [-0.05, 0) is 46.3 Å². The summed E-state index contributed by atoms with van der Waals surface area (Å²) >= 11 is 3.32. The van der Waals surface area contributed by atoms with Crippen LogP contribution in [0.3, 0.4) is 0 Å². The Morgan fingerprint density at radius 2 is 1.89 bits per heavy atom. The fourth-order valence-corrected chi connectivity index (χ4v) is 3.79. The van der Waals surface area contributed by atoms with Crippen LogP contribution in [0.2, 0.25) is 0 Å². The van der Waals surface area contributed by atoms with Crippen molar-refractivity contribution >= 4 is 48.5 Å². The Morgan fingerprint density at radius 1 is 1.22 bits per heavy atom. The molecule has 3 rings (SSSR count). The third-order valence-corrected chi connectivity index (χ3v) is 5.05. The number of sulfonamides is 1. The van der Waals surface area contributed by atoms with Crippen LogP contribution in [0.1, 0.15) is 15.9 Å². The molecule has 0 aliphatic carbocycles. The Labute approximate surface area is 164 Å². The minimum atomic E-state index is -3.48. The number of anilines is 1. The van der Waals surface area contributed by atoms with Gasteiger partial charge in [-0.15, -0.1) is 0 Å². The van der Waals surface area contributed by atoms with Crippen molar-refractivity contribution in [3.63, 3.8) is 0 Å². The normalized spacial score (nSPS) is 11.2. The van der Waals surface area contributed by atoms with Crippen LogP contribution in [0.25, 0.3) is 22.3 Å². The molecule has 2 N–H and O–H groups in total. The summed E-state index contributed by atoms with van der Waals surface area (Å²) in [4.78, 5) is 12.5. The van der Waals surface area contributed by atoms with E-state index in [1.54, 1.807) is 30.3 Å². The highest BCUT2D eigenvalue weighted by atomic mass is 79.9. The van der Waals surface area contributed by atoms with E-state index in [1.165, 1.54) is 13.1 Å². The molecule has 0 spiro atoms. The minimum absolute atomic E-state index is 0.300. The van der Waals surface area contributed by atoms with E-state index in [9.17, 15) is 13.2 Å². The Balaban J connectivity index is 2.26. The van der Waals surface area contributed by atoms with Gasteiger partial charge in [-0.3, -0.25) is 9.52 Å². The second-order valence-corrected chi connectivity index (χ2v) is 8.38. The molecule has 1 amide bonds. The van der Waals surface area contributed by atoms with Crippen molar-refractivity contribution in [3.8, 4) is 17.4 Å². The topological polar surface area (TPSA) is 112 Å². The second-order valence-electron chi connectivity index (χ2n) is 5.78. The van der Waals surface area contributed by atoms with E-state index >= 15 is 0 Å². The molecule has 0 radical (unpaired) electrons. The third kappa shape index (κ3) is 3.82. The molecule has 0 fully saturated rings. The van der Waals surface area contributed by atoms with Crippen LogP contribution in [0.5, 0.6) is 0 Å². The van der Waals surface area contributed by atoms with Crippen LogP contribution >= 0.6 is 15.9 Å². The van der Waals surface area contributed by atoms with Gasteiger partial charge in [0.1, 0.15) is 11.3 Å². The molecule has 0 aliphatic rings. The Bertz CT molecular complexity index is 1190. The first-order valence-electron chi connectivity index (χ1n) is 7.70. The van der Waals surface area contributed by atoms with Crippen LogP contribution in [0.15, 0.2) is 45.3 Å². The predicted octanol–water partition coefficient (Wildman–Crippen LogP) is 3.47. The van der Waals surface area contributed by atoms with Gasteiger partial charge in [-0.1, -0.05) is 0 Å². The van der Waals surface area contributed by atoms with Crippen LogP contribution in [-0.2, 0) is 10.0 Å². The summed E-state index contributed by atoms with van der Waals surface area (Å²) in [6, 6.07) is 11.8. The molecule has 0 atom stereocenters. The quantitative estimate of drug-likeness (QED) is 0.635. The lowest BCUT2D eigenvalue weighted by molar-refractivity contribution is 0.0964. The number of carbonyl (C=O) groups is 1. The van der Waals surface area contributed by atoms with Crippen LogP contribution < -0.4 is 10.0 Å². The van der Waals surface area contributed by atoms with E-state index in [4.69, 9.17) is 9.68 Å². The van der Waals surface area contributed by atoms with Gasteiger partial charge in [0.15, 0.2) is 0 Å². The third-order valence-electron chi connectivity index (χ3n) is 3.80. The molecule has 0 saturated carbocycles. The molecule has 0 aliphatic heterocycles. The van der Waals surface area contributed by atoms with Crippen molar-refractivity contribution in [3.05, 3.63) is 52.0 Å². The summed E-state index contributed by atoms with van der Waals surface area (Å²) < 4.78 is 31.8. The average molecular weight is 448 g/mol. The van der Waals surface area contributed by atoms with Gasteiger partial charge in [0, 0.05) is 28.5 Å². The molecular weight excluding hydrogens is 434 g/mol. The smallest absolute Gasteiger partial charge is 0.255 e. The number of halogens is 1. The molecule has 0 saturated heterocycles. The van der Waals surface area contributed by atoms with Crippen molar-refractivity contribution in [2.75, 3.05) is 18.0 Å². The number of furan rings is 1. The Kier molecular flexibility index (Phi) is 4.95. The number of rotatable bonds is 4. The summed E-state index contributed by atoms with van der Waals surface area (Å²) in [5.41, 5.74) is 2.08. The maximum Gasteiger partial charge on any atom is 0.255 e. The number of amides is 1. The van der Waals surface area contributed by atoms with Crippen LogP contribution in [0, 0.1) is 11.3 Å². The SMILES string of the molecule is CNC(=O)c1c(-c2ccc(C#N)cc2)oc2cc(NS(C)(=O)=O)c(Br)cc12. The lowest BCUT2D eigenvalue weighted by atomic mass is 10.0. The number of nitrogens with zero attached hydrogens (tertiary/aromatic N) is 1. The van der Waals surface area contributed by atoms with Gasteiger partial charge in [-0.25, -0.2) is 8.42 Å². The first-order valence-corrected chi connectivity index (χ1v) is 10.4. The van der Waals surface area contributed by atoms with Gasteiger partial charge in [0.2, 0.25) is 10.0 Å². The number of hydrogen-bond donors (Lipinski definition) is 2. The van der Waals surface area contributed by atoms with Gasteiger partial charge in [0.05, 0.1) is 29.1 Å². The van der Waals surface area contributed by atoms with Crippen molar-refractivity contribution < 1.29 is 17.6 Å². The summed E-state index contributed by atoms with van der Waals surface area (Å²) in [5.74, 6) is -0.0129. The highest BCUT2D eigenvalue weighted by molar-refractivity contribution is 9.10. The molecule has 1 aromatic heterocycles. The van der Waals surface area contributed by atoms with Crippen molar-refractivity contribution in [1.29, 1.82) is 5.26 Å². The number of carbonyl (C=O) groups excluding carboxylic acids is 1. The molecule has 138 valence electrons. The van der Waals surface area contributed by atoms with E-state index in [2.05, 4.69) is 26.0 Å². The Hall–Kier alpha value is -2.83. The summed E-state index contributed by atoms with van der Waals surface area (Å²) in [6.45, 7) is 0. The zero-order chi connectivity index (χ0) is 19.8. The molecule has 1 heterocycles. The fraction of sp³-hybridized carbons (Fsp3) is 0.111. The minimum Gasteiger partial charge on any atom is -0.455 e. The Morgan fingerprint density at radius 3 is 2.44 bits per heavy atom. The monoisotopic (exact) mass is 447 g/mol. The zero-order valence-corrected chi connectivity index (χ0v) is 16.7. The number of fused-ring (bicyclic) bond motifs is 1. The van der Waals surface area contributed by atoms with E-state index in [1.807, 2.05) is 6.07 Å². The largest absolute Gasteiger partial charge is 0.455 e. The zero-order valence-electron chi connectivity index (χ0n) is 14.3. The average Bonchev–Trinajstić information content (AvgIpc) is 2.98. The molecule has 7 nitrogen and oxygen atoms in total. The lowest BCUT2D eigenvalue weighted by Crippen LogP contribution is -2.18. The molecule has 3 aromatic rings. The maximum atomic E-state index is 12.5. The van der Waals surface area contributed by atoms with Crippen LogP contribution in [0.4, 0.5) is 5.69 Å². The van der Waals surface area contributed by atoms with E-state index in [0.29, 0.717) is 43.6 Å². The maximum absolute atomic E-state index is 12.5. The van der Waals surface area contributed by atoms with Crippen LogP contribution in [-0.4, -0.2) is 27.6 Å². The van der Waals surface area contributed by atoms with Crippen molar-refractivity contribution in [2.45, 2.75) is 0 Å². The summed E-state index contributed by atoms with van der Waals surface area (Å²) in [5, 5.41) is 12.1. The van der Waals surface area contributed by atoms with Gasteiger partial charge < -0.3 is 9.73 Å². The van der Waals surface area contributed by atoms with Crippen molar-refractivity contribution in [1.82, 2.24) is 5.32 Å². The summed E-state index contributed by atoms with van der Waals surface area (Å²) in [7, 11) is -1.97. The van der Waals surface area contributed by atoms with Gasteiger partial charge in [-0.2, -0.15) is 5.26 Å². The second kappa shape index (κ2) is 7.06. The fourth-order valence-electron chi connectivity index (χ4n) is 2.64. The molecule has 9 heteroatoms. The first kappa shape index (κ1) is 18.9.